The Morgan fingerprint density at radius 2 is 1.50 bits per heavy atom. The Balaban J connectivity index is 3.68. The van der Waals surface area contributed by atoms with Gasteiger partial charge in [-0.1, -0.05) is 0 Å². The largest absolute Gasteiger partial charge is 0.507 e. The van der Waals surface area contributed by atoms with Crippen molar-refractivity contribution in [3.05, 3.63) is 16.7 Å². The lowest BCUT2D eigenvalue weighted by Crippen LogP contribution is -2.03. The summed E-state index contributed by atoms with van der Waals surface area (Å²) in [6.07, 6.45) is 0. The van der Waals surface area contributed by atoms with Crippen LogP contribution in [0.2, 0.25) is 0 Å². The first-order chi connectivity index (χ1) is 6.37. The van der Waals surface area contributed by atoms with Crippen molar-refractivity contribution in [2.24, 2.45) is 0 Å². The van der Waals surface area contributed by atoms with Gasteiger partial charge in [-0.15, -0.1) is 25.3 Å². The van der Waals surface area contributed by atoms with Crippen LogP contribution in [0.3, 0.4) is 0 Å². The van der Waals surface area contributed by atoms with Gasteiger partial charge in [-0.2, -0.15) is 0 Å². The van der Waals surface area contributed by atoms with Gasteiger partial charge in [0, 0.05) is 20.9 Å². The molecule has 0 aliphatic carbocycles. The van der Waals surface area contributed by atoms with Crippen molar-refractivity contribution in [1.82, 2.24) is 0 Å². The van der Waals surface area contributed by atoms with E-state index in [1.807, 2.05) is 0 Å². The molecule has 1 aromatic rings. The van der Waals surface area contributed by atoms with E-state index in [4.69, 9.17) is 5.11 Å². The second-order valence-electron chi connectivity index (χ2n) is 2.98. The predicted octanol–water partition coefficient (Wildman–Crippen LogP) is 2.28. The summed E-state index contributed by atoms with van der Waals surface area (Å²) in [7, 11) is 0. The van der Waals surface area contributed by atoms with Gasteiger partial charge in [-0.05, 0) is 13.8 Å². The average molecular weight is 230 g/mol. The fraction of sp³-hybridized carbons (Fsp3) is 0.222. The summed E-state index contributed by atoms with van der Waals surface area (Å²) >= 11 is 8.10. The van der Waals surface area contributed by atoms with Crippen LogP contribution >= 0.6 is 25.3 Å². The topological polar surface area (TPSA) is 57.5 Å². The molecule has 0 atom stereocenters. The lowest BCUT2D eigenvalue weighted by molar-refractivity contribution is 0.0689. The zero-order chi connectivity index (χ0) is 11.0. The molecular weight excluding hydrogens is 220 g/mol. The van der Waals surface area contributed by atoms with Crippen LogP contribution in [0.25, 0.3) is 0 Å². The molecule has 0 heterocycles. The quantitative estimate of drug-likeness (QED) is 0.560. The van der Waals surface area contributed by atoms with E-state index >= 15 is 0 Å². The molecule has 0 radical (unpaired) electrons. The third-order valence-electron chi connectivity index (χ3n) is 2.11. The van der Waals surface area contributed by atoms with Gasteiger partial charge in [0.05, 0.1) is 5.56 Å². The van der Waals surface area contributed by atoms with Gasteiger partial charge in [0.1, 0.15) is 5.75 Å². The number of thiol groups is 2. The maximum Gasteiger partial charge on any atom is 0.337 e. The molecule has 0 spiro atoms. The molecule has 0 aliphatic heterocycles. The number of phenols is 1. The summed E-state index contributed by atoms with van der Waals surface area (Å²) in [5, 5.41) is 18.5. The number of carboxylic acid groups (broad SMARTS) is 1. The average Bonchev–Trinajstić information content (AvgIpc) is 2.11. The highest BCUT2D eigenvalue weighted by atomic mass is 32.1. The lowest BCUT2D eigenvalue weighted by atomic mass is 10.1. The third kappa shape index (κ3) is 1.57. The molecule has 0 bridgehead atoms. The number of aromatic hydroxyl groups is 1. The van der Waals surface area contributed by atoms with Gasteiger partial charge in [0.15, 0.2) is 0 Å². The summed E-state index contributed by atoms with van der Waals surface area (Å²) in [4.78, 5) is 11.4. The Labute approximate surface area is 92.6 Å². The van der Waals surface area contributed by atoms with Gasteiger partial charge in [-0.3, -0.25) is 0 Å². The number of rotatable bonds is 1. The van der Waals surface area contributed by atoms with Crippen LogP contribution in [-0.2, 0) is 0 Å². The van der Waals surface area contributed by atoms with E-state index in [0.717, 1.165) is 0 Å². The van der Waals surface area contributed by atoms with Crippen LogP contribution in [0.1, 0.15) is 21.5 Å². The minimum atomic E-state index is -1.09. The van der Waals surface area contributed by atoms with E-state index in [1.54, 1.807) is 13.8 Å². The Bertz CT molecular complexity index is 384. The fourth-order valence-corrected chi connectivity index (χ4v) is 1.91. The zero-order valence-electron chi connectivity index (χ0n) is 7.70. The van der Waals surface area contributed by atoms with Crippen molar-refractivity contribution >= 4 is 31.2 Å². The van der Waals surface area contributed by atoms with Gasteiger partial charge >= 0.3 is 5.97 Å². The molecule has 0 amide bonds. The molecule has 3 nitrogen and oxygen atoms in total. The lowest BCUT2D eigenvalue weighted by Gasteiger charge is -2.12. The van der Waals surface area contributed by atoms with E-state index in [2.05, 4.69) is 25.3 Å². The highest BCUT2D eigenvalue weighted by molar-refractivity contribution is 7.81. The van der Waals surface area contributed by atoms with Crippen LogP contribution in [0, 0.1) is 13.8 Å². The van der Waals surface area contributed by atoms with E-state index in [9.17, 15) is 9.90 Å². The number of hydrogen-bond acceptors (Lipinski definition) is 4. The first-order valence-electron chi connectivity index (χ1n) is 3.85. The van der Waals surface area contributed by atoms with Gasteiger partial charge in [-0.25, -0.2) is 4.79 Å². The van der Waals surface area contributed by atoms with Crippen LogP contribution in [-0.4, -0.2) is 16.2 Å². The van der Waals surface area contributed by atoms with Crippen molar-refractivity contribution in [2.45, 2.75) is 23.6 Å². The minimum absolute atomic E-state index is 0.0319. The summed E-state index contributed by atoms with van der Waals surface area (Å²) in [6.45, 7) is 3.23. The molecule has 76 valence electrons. The second-order valence-corrected chi connectivity index (χ2v) is 3.87. The van der Waals surface area contributed by atoms with E-state index in [-0.39, 0.29) is 21.1 Å². The van der Waals surface area contributed by atoms with E-state index in [1.165, 1.54) is 0 Å². The molecule has 5 heteroatoms. The molecule has 2 N–H and O–H groups in total. The van der Waals surface area contributed by atoms with Crippen LogP contribution in [0.4, 0.5) is 0 Å². The Morgan fingerprint density at radius 3 is 1.79 bits per heavy atom. The molecule has 1 aromatic carbocycles. The molecule has 0 unspecified atom stereocenters. The minimum Gasteiger partial charge on any atom is -0.507 e. The maximum absolute atomic E-state index is 10.9. The molecule has 0 saturated carbocycles. The summed E-state index contributed by atoms with van der Waals surface area (Å²) in [5.74, 6) is -1.05. The number of phenolic OH excluding ortho intramolecular Hbond substituents is 1. The highest BCUT2D eigenvalue weighted by Crippen LogP contribution is 2.36. The second kappa shape index (κ2) is 3.74. The molecular formula is C9H10O3S2. The van der Waals surface area contributed by atoms with Gasteiger partial charge in [0.25, 0.3) is 0 Å². The highest BCUT2D eigenvalue weighted by Gasteiger charge is 2.19. The standard InChI is InChI=1S/C9H10O3S2/c1-3-6(10)4(2)8(14)5(7(3)13)9(11)12/h10,13-14H,1-2H3,(H,11,12). The van der Waals surface area contributed by atoms with Crippen molar-refractivity contribution in [1.29, 1.82) is 0 Å². The fourth-order valence-electron chi connectivity index (χ4n) is 1.20. The van der Waals surface area contributed by atoms with Gasteiger partial charge in [0.2, 0.25) is 0 Å². The first-order valence-corrected chi connectivity index (χ1v) is 4.74. The molecule has 0 aliphatic rings. The van der Waals surface area contributed by atoms with Crippen LogP contribution in [0.15, 0.2) is 9.79 Å². The first kappa shape index (κ1) is 11.3. The molecule has 14 heavy (non-hydrogen) atoms. The van der Waals surface area contributed by atoms with Crippen molar-refractivity contribution in [2.75, 3.05) is 0 Å². The zero-order valence-corrected chi connectivity index (χ0v) is 9.49. The number of carboxylic acids is 1. The Kier molecular flexibility index (Phi) is 3.01. The van der Waals surface area contributed by atoms with Crippen LogP contribution in [0.5, 0.6) is 5.75 Å². The molecule has 0 saturated heterocycles. The van der Waals surface area contributed by atoms with E-state index < -0.39 is 5.97 Å². The molecule has 0 fully saturated rings. The SMILES string of the molecule is Cc1c(O)c(C)c(S)c(C(=O)O)c1S. The number of aromatic carboxylic acids is 1. The van der Waals surface area contributed by atoms with E-state index in [0.29, 0.717) is 11.1 Å². The van der Waals surface area contributed by atoms with Crippen molar-refractivity contribution < 1.29 is 15.0 Å². The smallest absolute Gasteiger partial charge is 0.337 e. The monoisotopic (exact) mass is 230 g/mol. The summed E-state index contributed by atoms with van der Waals surface area (Å²) in [6, 6.07) is 0. The predicted molar refractivity (Wildman–Crippen MR) is 59.0 cm³/mol. The molecule has 1 rings (SSSR count). The Hall–Kier alpha value is -0.810. The van der Waals surface area contributed by atoms with Crippen LogP contribution < -0.4 is 0 Å². The summed E-state index contributed by atoms with van der Waals surface area (Å²) < 4.78 is 0. The van der Waals surface area contributed by atoms with Crippen molar-refractivity contribution in [3.63, 3.8) is 0 Å². The number of carbonyl (C=O) groups is 1. The van der Waals surface area contributed by atoms with Gasteiger partial charge < -0.3 is 10.2 Å². The summed E-state index contributed by atoms with van der Waals surface area (Å²) in [5.41, 5.74) is 0.950. The van der Waals surface area contributed by atoms with Crippen molar-refractivity contribution in [3.8, 4) is 5.75 Å². The normalized spacial score (nSPS) is 10.3. The number of benzene rings is 1. The maximum atomic E-state index is 10.9. The number of hydrogen-bond donors (Lipinski definition) is 4. The molecule has 0 aromatic heterocycles. The third-order valence-corrected chi connectivity index (χ3v) is 3.23. The Morgan fingerprint density at radius 1 is 1.14 bits per heavy atom.